The lowest BCUT2D eigenvalue weighted by molar-refractivity contribution is 0.406. The highest BCUT2D eigenvalue weighted by Crippen LogP contribution is 2.15. The van der Waals surface area contributed by atoms with Crippen LogP contribution in [0.1, 0.15) is 9.88 Å². The molecule has 0 radical (unpaired) electrons. The van der Waals surface area contributed by atoms with Gasteiger partial charge in [0.2, 0.25) is 10.0 Å². The lowest BCUT2D eigenvalue weighted by Crippen LogP contribution is -2.14. The molecule has 0 amide bonds. The summed E-state index contributed by atoms with van der Waals surface area (Å²) in [5.74, 6) is -0.176. The first-order valence-electron chi connectivity index (χ1n) is 3.95. The molecular formula is C7H13N3O2S2. The Morgan fingerprint density at radius 2 is 2.21 bits per heavy atom. The summed E-state index contributed by atoms with van der Waals surface area (Å²) in [6.45, 7) is 0.766. The van der Waals surface area contributed by atoms with Crippen LogP contribution in [0.2, 0.25) is 0 Å². The second-order valence-electron chi connectivity index (χ2n) is 3.27. The fourth-order valence-corrected chi connectivity index (χ4v) is 2.96. The van der Waals surface area contributed by atoms with Gasteiger partial charge in [0.1, 0.15) is 10.8 Å². The second-order valence-corrected chi connectivity index (χ2v) is 6.08. The average Bonchev–Trinajstić information content (AvgIpc) is 2.30. The minimum absolute atomic E-state index is 0.176. The standard InChI is InChI=1S/C7H13N3O2S2/c1-10(2)4-6-3-9-7(13-6)5-14(8,11)12/h3H,4-5H2,1-2H3,(H2,8,11,12). The van der Waals surface area contributed by atoms with Crippen molar-refractivity contribution in [3.8, 4) is 0 Å². The first-order valence-corrected chi connectivity index (χ1v) is 6.49. The Morgan fingerprint density at radius 3 is 2.71 bits per heavy atom. The third-order valence-electron chi connectivity index (χ3n) is 1.40. The molecule has 1 aromatic heterocycles. The maximum atomic E-state index is 10.8. The van der Waals surface area contributed by atoms with Crippen molar-refractivity contribution in [2.24, 2.45) is 5.14 Å². The van der Waals surface area contributed by atoms with E-state index in [1.165, 1.54) is 11.3 Å². The molecule has 0 aliphatic carbocycles. The molecule has 0 spiro atoms. The number of nitrogens with zero attached hydrogens (tertiary/aromatic N) is 2. The van der Waals surface area contributed by atoms with E-state index in [-0.39, 0.29) is 5.75 Å². The Kier molecular flexibility index (Phi) is 3.59. The number of rotatable bonds is 4. The number of hydrogen-bond acceptors (Lipinski definition) is 5. The molecule has 0 aliphatic rings. The summed E-state index contributed by atoms with van der Waals surface area (Å²) in [6, 6.07) is 0. The summed E-state index contributed by atoms with van der Waals surface area (Å²) in [4.78, 5) is 7.02. The summed E-state index contributed by atoms with van der Waals surface area (Å²) >= 11 is 1.38. The van der Waals surface area contributed by atoms with Gasteiger partial charge in [0, 0.05) is 17.6 Å². The molecule has 0 atom stereocenters. The van der Waals surface area contributed by atoms with Gasteiger partial charge < -0.3 is 4.90 Å². The molecule has 0 saturated heterocycles. The molecule has 14 heavy (non-hydrogen) atoms. The Morgan fingerprint density at radius 1 is 1.57 bits per heavy atom. The summed E-state index contributed by atoms with van der Waals surface area (Å²) in [5, 5.41) is 5.45. The van der Waals surface area contributed by atoms with E-state index in [0.29, 0.717) is 5.01 Å². The van der Waals surface area contributed by atoms with Crippen LogP contribution in [0.25, 0.3) is 0 Å². The highest BCUT2D eigenvalue weighted by molar-refractivity contribution is 7.88. The normalized spacial score (nSPS) is 12.3. The van der Waals surface area contributed by atoms with Crippen molar-refractivity contribution in [1.82, 2.24) is 9.88 Å². The smallest absolute Gasteiger partial charge is 0.215 e. The van der Waals surface area contributed by atoms with Crippen molar-refractivity contribution in [1.29, 1.82) is 0 Å². The maximum Gasteiger partial charge on any atom is 0.215 e. The quantitative estimate of drug-likeness (QED) is 0.796. The fraction of sp³-hybridized carbons (Fsp3) is 0.571. The molecule has 1 aromatic rings. The lowest BCUT2D eigenvalue weighted by atomic mass is 10.5. The van der Waals surface area contributed by atoms with Gasteiger partial charge in [0.25, 0.3) is 0 Å². The molecule has 0 fully saturated rings. The zero-order valence-electron chi connectivity index (χ0n) is 8.10. The number of aromatic nitrogens is 1. The molecule has 0 unspecified atom stereocenters. The summed E-state index contributed by atoms with van der Waals surface area (Å²) in [7, 11) is 0.429. The summed E-state index contributed by atoms with van der Waals surface area (Å²) in [5.41, 5.74) is 0. The van der Waals surface area contributed by atoms with Crippen LogP contribution < -0.4 is 5.14 Å². The van der Waals surface area contributed by atoms with Crippen LogP contribution in [0.4, 0.5) is 0 Å². The van der Waals surface area contributed by atoms with Gasteiger partial charge in [0.15, 0.2) is 0 Å². The van der Waals surface area contributed by atoms with E-state index in [0.717, 1.165) is 11.4 Å². The summed E-state index contributed by atoms with van der Waals surface area (Å²) in [6.07, 6.45) is 1.69. The molecule has 0 aliphatic heterocycles. The minimum Gasteiger partial charge on any atom is -0.304 e. The van der Waals surface area contributed by atoms with Crippen molar-refractivity contribution in [3.63, 3.8) is 0 Å². The van der Waals surface area contributed by atoms with Crippen LogP contribution in [-0.2, 0) is 22.3 Å². The van der Waals surface area contributed by atoms with E-state index >= 15 is 0 Å². The average molecular weight is 235 g/mol. The third kappa shape index (κ3) is 4.14. The van der Waals surface area contributed by atoms with Crippen molar-refractivity contribution in [2.45, 2.75) is 12.3 Å². The number of sulfonamides is 1. The Labute approximate surface area is 87.6 Å². The van der Waals surface area contributed by atoms with E-state index in [1.54, 1.807) is 6.20 Å². The van der Waals surface area contributed by atoms with Gasteiger partial charge in [-0.05, 0) is 14.1 Å². The Bertz CT molecular complexity index is 397. The van der Waals surface area contributed by atoms with Crippen molar-refractivity contribution in [2.75, 3.05) is 14.1 Å². The monoisotopic (exact) mass is 235 g/mol. The largest absolute Gasteiger partial charge is 0.304 e. The van der Waals surface area contributed by atoms with Gasteiger partial charge >= 0.3 is 0 Å². The van der Waals surface area contributed by atoms with Crippen LogP contribution in [0.15, 0.2) is 6.20 Å². The first-order chi connectivity index (χ1) is 6.37. The van der Waals surface area contributed by atoms with Gasteiger partial charge in [-0.2, -0.15) is 0 Å². The number of primary sulfonamides is 1. The molecule has 80 valence electrons. The molecule has 0 bridgehead atoms. The van der Waals surface area contributed by atoms with Crippen LogP contribution in [0.3, 0.4) is 0 Å². The van der Waals surface area contributed by atoms with Gasteiger partial charge in [0.05, 0.1) is 0 Å². The van der Waals surface area contributed by atoms with E-state index in [1.807, 2.05) is 19.0 Å². The highest BCUT2D eigenvalue weighted by atomic mass is 32.2. The lowest BCUT2D eigenvalue weighted by Gasteiger charge is -2.05. The van der Waals surface area contributed by atoms with Gasteiger partial charge in [-0.25, -0.2) is 18.5 Å². The van der Waals surface area contributed by atoms with Gasteiger partial charge in [-0.3, -0.25) is 0 Å². The number of hydrogen-bond donors (Lipinski definition) is 1. The van der Waals surface area contributed by atoms with Crippen LogP contribution in [0, 0.1) is 0 Å². The molecule has 0 saturated carbocycles. The van der Waals surface area contributed by atoms with E-state index in [2.05, 4.69) is 4.98 Å². The predicted octanol–water partition coefficient (Wildman–Crippen LogP) is -0.00680. The number of nitrogens with two attached hydrogens (primary N) is 1. The van der Waals surface area contributed by atoms with E-state index in [4.69, 9.17) is 5.14 Å². The van der Waals surface area contributed by atoms with Crippen LogP contribution in [-0.4, -0.2) is 32.4 Å². The predicted molar refractivity (Wildman–Crippen MR) is 56.3 cm³/mol. The van der Waals surface area contributed by atoms with E-state index < -0.39 is 10.0 Å². The molecule has 5 nitrogen and oxygen atoms in total. The first kappa shape index (κ1) is 11.6. The number of thiazole rings is 1. The van der Waals surface area contributed by atoms with Crippen LogP contribution in [0.5, 0.6) is 0 Å². The SMILES string of the molecule is CN(C)Cc1cnc(CS(N)(=O)=O)s1. The van der Waals surface area contributed by atoms with Gasteiger partial charge in [-0.15, -0.1) is 11.3 Å². The van der Waals surface area contributed by atoms with Crippen molar-refractivity contribution >= 4 is 21.4 Å². The summed E-state index contributed by atoms with van der Waals surface area (Å²) < 4.78 is 21.5. The van der Waals surface area contributed by atoms with Crippen molar-refractivity contribution in [3.05, 3.63) is 16.1 Å². The topological polar surface area (TPSA) is 76.3 Å². The fourth-order valence-electron chi connectivity index (χ4n) is 0.972. The molecule has 1 heterocycles. The highest BCUT2D eigenvalue weighted by Gasteiger charge is 2.09. The molecule has 1 rings (SSSR count). The minimum atomic E-state index is -3.46. The van der Waals surface area contributed by atoms with Crippen LogP contribution >= 0.6 is 11.3 Å². The zero-order chi connectivity index (χ0) is 10.8. The molecule has 7 heteroatoms. The third-order valence-corrected chi connectivity index (χ3v) is 3.24. The van der Waals surface area contributed by atoms with Gasteiger partial charge in [-0.1, -0.05) is 0 Å². The second kappa shape index (κ2) is 4.35. The molecule has 2 N–H and O–H groups in total. The Hall–Kier alpha value is -0.500. The molecule has 0 aromatic carbocycles. The maximum absolute atomic E-state index is 10.8. The van der Waals surface area contributed by atoms with Crippen molar-refractivity contribution < 1.29 is 8.42 Å². The Balaban J connectivity index is 2.69. The zero-order valence-corrected chi connectivity index (χ0v) is 9.73. The molecular weight excluding hydrogens is 222 g/mol. The van der Waals surface area contributed by atoms with E-state index in [9.17, 15) is 8.42 Å².